The van der Waals surface area contributed by atoms with E-state index in [0.717, 1.165) is 38.3 Å². The molecule has 0 atom stereocenters. The van der Waals surface area contributed by atoms with Gasteiger partial charge in [0, 0.05) is 44.0 Å². The van der Waals surface area contributed by atoms with Gasteiger partial charge in [0.05, 0.1) is 41.3 Å². The third kappa shape index (κ3) is 5.05. The number of sulfone groups is 1. The van der Waals surface area contributed by atoms with Gasteiger partial charge >= 0.3 is 6.18 Å². The molecule has 6 rings (SSSR count). The van der Waals surface area contributed by atoms with E-state index in [0.29, 0.717) is 54.9 Å². The zero-order valence-corrected chi connectivity index (χ0v) is 22.2. The minimum absolute atomic E-state index is 0.104. The molecule has 1 saturated carbocycles. The summed E-state index contributed by atoms with van der Waals surface area (Å²) in [6.45, 7) is 6.32. The Kier molecular flexibility index (Phi) is 6.66. The number of nitrogens with zero attached hydrogens (tertiary/aromatic N) is 6. The zero-order chi connectivity index (χ0) is 27.4. The normalized spacial score (nSPS) is 23.0. The molecule has 0 spiro atoms. The van der Waals surface area contributed by atoms with Crippen LogP contribution in [0.15, 0.2) is 30.5 Å². The van der Waals surface area contributed by atoms with Gasteiger partial charge in [-0.15, -0.1) is 0 Å². The molecule has 3 aromatic rings. The molecule has 39 heavy (non-hydrogen) atoms. The Morgan fingerprint density at radius 3 is 2.56 bits per heavy atom. The average molecular weight is 566 g/mol. The van der Waals surface area contributed by atoms with Gasteiger partial charge in [-0.3, -0.25) is 4.90 Å². The molecule has 2 saturated heterocycles. The third-order valence-corrected chi connectivity index (χ3v) is 10.1. The van der Waals surface area contributed by atoms with E-state index < -0.39 is 21.6 Å². The highest BCUT2D eigenvalue weighted by Gasteiger charge is 2.39. The summed E-state index contributed by atoms with van der Waals surface area (Å²) in [5, 5.41) is 7.90. The van der Waals surface area contributed by atoms with Gasteiger partial charge in [-0.1, -0.05) is 13.0 Å². The van der Waals surface area contributed by atoms with Gasteiger partial charge in [-0.05, 0) is 31.0 Å². The number of aromatic nitrogens is 4. The van der Waals surface area contributed by atoms with E-state index in [-0.39, 0.29) is 22.7 Å². The third-order valence-electron chi connectivity index (χ3n) is 7.89. The summed E-state index contributed by atoms with van der Waals surface area (Å²) < 4.78 is 71.5. The van der Waals surface area contributed by atoms with Crippen molar-refractivity contribution in [1.82, 2.24) is 24.6 Å². The molecule has 3 fully saturated rings. The fraction of sp³-hybridized carbons (Fsp3) is 0.560. The van der Waals surface area contributed by atoms with Crippen molar-refractivity contribution in [2.24, 2.45) is 0 Å². The number of rotatable bonds is 7. The molecular formula is C25H30F3N7O3S. The minimum atomic E-state index is -4.49. The van der Waals surface area contributed by atoms with Gasteiger partial charge in [0.15, 0.2) is 15.5 Å². The molecule has 2 aromatic heterocycles. The van der Waals surface area contributed by atoms with E-state index >= 15 is 0 Å². The van der Waals surface area contributed by atoms with Gasteiger partial charge in [0.2, 0.25) is 5.95 Å². The lowest BCUT2D eigenvalue weighted by atomic mass is 9.92. The molecule has 0 unspecified atom stereocenters. The van der Waals surface area contributed by atoms with Crippen LogP contribution in [0.5, 0.6) is 0 Å². The second-order valence-corrected chi connectivity index (χ2v) is 12.9. The SMILES string of the molecule is CCS(=O)(=O)C1CC(Nc2nc(N3CC(N4CCOCC4)C3)c3cnn(-c4cccc(C(F)(F)F)c4)c3n2)C1. The fourth-order valence-electron chi connectivity index (χ4n) is 5.40. The molecule has 0 amide bonds. The number of hydrogen-bond acceptors (Lipinski definition) is 9. The summed E-state index contributed by atoms with van der Waals surface area (Å²) in [6, 6.07) is 5.22. The second-order valence-electron chi connectivity index (χ2n) is 10.3. The first kappa shape index (κ1) is 26.3. The van der Waals surface area contributed by atoms with Gasteiger partial charge in [-0.25, -0.2) is 13.1 Å². The highest BCUT2D eigenvalue weighted by molar-refractivity contribution is 7.92. The van der Waals surface area contributed by atoms with E-state index in [1.807, 2.05) is 0 Å². The van der Waals surface area contributed by atoms with Crippen molar-refractivity contribution in [1.29, 1.82) is 0 Å². The molecule has 1 N–H and O–H groups in total. The van der Waals surface area contributed by atoms with Crippen molar-refractivity contribution in [3.63, 3.8) is 0 Å². The standard InChI is InChI=1S/C25H30F3N7O3S/c1-2-39(36,37)20-11-17(12-20)30-24-31-22(34-14-19(15-34)33-6-8-38-9-7-33)21-13-29-35(23(21)32-24)18-5-3-4-16(10-18)25(26,27)28/h3-5,10,13,17,19-20H,2,6-9,11-12,14-15H2,1H3,(H,30,31,32). The summed E-state index contributed by atoms with van der Waals surface area (Å²) in [5.41, 5.74) is -0.151. The van der Waals surface area contributed by atoms with E-state index in [9.17, 15) is 21.6 Å². The maximum Gasteiger partial charge on any atom is 0.416 e. The van der Waals surface area contributed by atoms with Crippen molar-refractivity contribution >= 4 is 32.6 Å². The van der Waals surface area contributed by atoms with Crippen LogP contribution in [0.4, 0.5) is 24.9 Å². The van der Waals surface area contributed by atoms with Crippen molar-refractivity contribution in [2.45, 2.75) is 43.3 Å². The van der Waals surface area contributed by atoms with Crippen molar-refractivity contribution < 1.29 is 26.3 Å². The summed E-state index contributed by atoms with van der Waals surface area (Å²) >= 11 is 0. The number of ether oxygens (including phenoxy) is 1. The molecule has 210 valence electrons. The maximum absolute atomic E-state index is 13.4. The Morgan fingerprint density at radius 1 is 1.13 bits per heavy atom. The van der Waals surface area contributed by atoms with Crippen LogP contribution in [-0.4, -0.2) is 95.5 Å². The second kappa shape index (κ2) is 9.89. The summed E-state index contributed by atoms with van der Waals surface area (Å²) in [4.78, 5) is 13.9. The number of morpholine rings is 1. The lowest BCUT2D eigenvalue weighted by Crippen LogP contribution is -2.61. The predicted octanol–water partition coefficient (Wildman–Crippen LogP) is 2.73. The highest BCUT2D eigenvalue weighted by atomic mass is 32.2. The average Bonchev–Trinajstić information content (AvgIpc) is 3.29. The first-order chi connectivity index (χ1) is 18.6. The van der Waals surface area contributed by atoms with E-state index in [1.165, 1.54) is 10.7 Å². The number of halogens is 3. The van der Waals surface area contributed by atoms with Crippen LogP contribution in [0, 0.1) is 0 Å². The quantitative estimate of drug-likeness (QED) is 0.463. The smallest absolute Gasteiger partial charge is 0.379 e. The van der Waals surface area contributed by atoms with Gasteiger partial charge in [0.25, 0.3) is 0 Å². The van der Waals surface area contributed by atoms with E-state index in [2.05, 4.69) is 25.2 Å². The summed E-state index contributed by atoms with van der Waals surface area (Å²) in [7, 11) is -3.11. The lowest BCUT2D eigenvalue weighted by Gasteiger charge is -2.47. The summed E-state index contributed by atoms with van der Waals surface area (Å²) in [6.07, 6.45) is -1.98. The van der Waals surface area contributed by atoms with Crippen LogP contribution in [0.2, 0.25) is 0 Å². The molecule has 3 aliphatic rings. The topological polar surface area (TPSA) is 105 Å². The van der Waals surface area contributed by atoms with Gasteiger partial charge < -0.3 is 15.0 Å². The Hall–Kier alpha value is -2.97. The van der Waals surface area contributed by atoms with Crippen LogP contribution >= 0.6 is 0 Å². The Labute approximate surface area is 224 Å². The minimum Gasteiger partial charge on any atom is -0.379 e. The van der Waals surface area contributed by atoms with Crippen LogP contribution in [0.3, 0.4) is 0 Å². The Morgan fingerprint density at radius 2 is 1.87 bits per heavy atom. The number of fused-ring (bicyclic) bond motifs is 1. The molecule has 1 aromatic carbocycles. The van der Waals surface area contributed by atoms with Crippen LogP contribution < -0.4 is 10.2 Å². The van der Waals surface area contributed by atoms with Crippen LogP contribution in [-0.2, 0) is 20.8 Å². The van der Waals surface area contributed by atoms with Crippen molar-refractivity contribution in [3.05, 3.63) is 36.0 Å². The maximum atomic E-state index is 13.4. The van der Waals surface area contributed by atoms with Crippen LogP contribution in [0.25, 0.3) is 16.7 Å². The lowest BCUT2D eigenvalue weighted by molar-refractivity contribution is -0.137. The first-order valence-corrected chi connectivity index (χ1v) is 14.8. The number of hydrogen-bond donors (Lipinski definition) is 1. The highest BCUT2D eigenvalue weighted by Crippen LogP contribution is 2.35. The van der Waals surface area contributed by atoms with E-state index in [4.69, 9.17) is 9.72 Å². The number of alkyl halides is 3. The number of benzene rings is 1. The monoisotopic (exact) mass is 565 g/mol. The van der Waals surface area contributed by atoms with Crippen molar-refractivity contribution in [2.75, 3.05) is 55.4 Å². The zero-order valence-electron chi connectivity index (χ0n) is 21.4. The van der Waals surface area contributed by atoms with Gasteiger partial charge in [0.1, 0.15) is 5.82 Å². The molecule has 1 aliphatic carbocycles. The van der Waals surface area contributed by atoms with E-state index in [1.54, 1.807) is 19.2 Å². The Balaban J connectivity index is 1.32. The van der Waals surface area contributed by atoms with Gasteiger partial charge in [-0.2, -0.15) is 28.2 Å². The Bertz CT molecular complexity index is 1460. The molecule has 14 heteroatoms. The number of anilines is 2. The summed E-state index contributed by atoms with van der Waals surface area (Å²) in [5.74, 6) is 1.06. The molecule has 2 aliphatic heterocycles. The molecule has 10 nitrogen and oxygen atoms in total. The fourth-order valence-corrected chi connectivity index (χ4v) is 6.92. The van der Waals surface area contributed by atoms with Crippen molar-refractivity contribution in [3.8, 4) is 5.69 Å². The molecule has 0 bridgehead atoms. The molecular weight excluding hydrogens is 535 g/mol. The molecule has 0 radical (unpaired) electrons. The van der Waals surface area contributed by atoms with Crippen LogP contribution in [0.1, 0.15) is 25.3 Å². The molecule has 4 heterocycles. The predicted molar refractivity (Wildman–Crippen MR) is 140 cm³/mol. The number of nitrogens with one attached hydrogen (secondary N) is 1. The largest absolute Gasteiger partial charge is 0.416 e. The first-order valence-electron chi connectivity index (χ1n) is 13.1.